The molecule has 0 saturated heterocycles. The number of hydrogen-bond donors (Lipinski definition) is 1. The monoisotopic (exact) mass is 350 g/mol. The summed E-state index contributed by atoms with van der Waals surface area (Å²) in [5.74, 6) is 1.27. The molecule has 1 saturated carbocycles. The van der Waals surface area contributed by atoms with Gasteiger partial charge in [0.15, 0.2) is 0 Å². The number of nitrogens with zero attached hydrogens (tertiary/aromatic N) is 3. The van der Waals surface area contributed by atoms with Gasteiger partial charge in [-0.3, -0.25) is 0 Å². The van der Waals surface area contributed by atoms with Gasteiger partial charge in [0.05, 0.1) is 0 Å². The molecule has 1 aromatic carbocycles. The Hall–Kier alpha value is -2.51. The van der Waals surface area contributed by atoms with Crippen LogP contribution in [0.5, 0.6) is 5.75 Å². The quantitative estimate of drug-likeness (QED) is 0.914. The molecule has 1 fully saturated rings. The third-order valence-electron chi connectivity index (χ3n) is 4.30. The zero-order chi connectivity index (χ0) is 17.4. The van der Waals surface area contributed by atoms with Crippen molar-refractivity contribution in [1.29, 1.82) is 0 Å². The maximum Gasteiger partial charge on any atom is 0.573 e. The van der Waals surface area contributed by atoms with E-state index in [1.165, 1.54) is 12.1 Å². The fourth-order valence-electron chi connectivity index (χ4n) is 2.93. The molecule has 0 unspecified atom stereocenters. The summed E-state index contributed by atoms with van der Waals surface area (Å²) in [5.41, 5.74) is 1.86. The molecule has 1 aromatic heterocycles. The molecule has 0 atom stereocenters. The zero-order valence-electron chi connectivity index (χ0n) is 13.4. The number of ether oxygens (including phenoxy) is 1. The lowest BCUT2D eigenvalue weighted by atomic mass is 9.99. The van der Waals surface area contributed by atoms with Crippen LogP contribution in [-0.4, -0.2) is 28.9 Å². The molecule has 25 heavy (non-hydrogen) atoms. The average molecular weight is 350 g/mol. The van der Waals surface area contributed by atoms with Crippen molar-refractivity contribution < 1.29 is 17.9 Å². The van der Waals surface area contributed by atoms with Gasteiger partial charge in [0.1, 0.15) is 11.6 Å². The van der Waals surface area contributed by atoms with E-state index in [9.17, 15) is 13.2 Å². The highest BCUT2D eigenvalue weighted by Crippen LogP contribution is 2.30. The Morgan fingerprint density at radius 1 is 1.16 bits per heavy atom. The highest BCUT2D eigenvalue weighted by molar-refractivity contribution is 5.48. The lowest BCUT2D eigenvalue weighted by Gasteiger charge is -2.30. The predicted octanol–water partition coefficient (Wildman–Crippen LogP) is 3.51. The Kier molecular flexibility index (Phi) is 3.89. The van der Waals surface area contributed by atoms with Crippen LogP contribution in [0, 0.1) is 0 Å². The fourth-order valence-corrected chi connectivity index (χ4v) is 2.93. The van der Waals surface area contributed by atoms with Crippen LogP contribution in [0.25, 0.3) is 0 Å². The predicted molar refractivity (Wildman–Crippen MR) is 86.6 cm³/mol. The number of alkyl halides is 3. The zero-order valence-corrected chi connectivity index (χ0v) is 13.4. The van der Waals surface area contributed by atoms with Crippen molar-refractivity contribution in [3.05, 3.63) is 41.6 Å². The standard InChI is InChI=1S/C17H17F3N4O/c18-17(19,20)25-14-4-1-12-10-24(8-6-11(12)9-14)15-5-7-21-16(23-15)22-13-2-3-13/h1,4-5,7,9,13H,2-3,6,8,10H2,(H,21,22,23). The van der Waals surface area contributed by atoms with Gasteiger partial charge in [-0.15, -0.1) is 13.2 Å². The second-order valence-corrected chi connectivity index (χ2v) is 6.31. The lowest BCUT2D eigenvalue weighted by molar-refractivity contribution is -0.274. The molecule has 132 valence electrons. The van der Waals surface area contributed by atoms with Gasteiger partial charge in [0.2, 0.25) is 5.95 Å². The van der Waals surface area contributed by atoms with Crippen LogP contribution in [0.4, 0.5) is 24.9 Å². The maximum atomic E-state index is 12.3. The molecule has 1 aliphatic carbocycles. The lowest BCUT2D eigenvalue weighted by Crippen LogP contribution is -2.31. The topological polar surface area (TPSA) is 50.3 Å². The molecule has 1 N–H and O–H groups in total. The molecule has 2 aliphatic rings. The van der Waals surface area contributed by atoms with E-state index in [1.807, 2.05) is 6.07 Å². The Bertz CT molecular complexity index is 777. The first-order chi connectivity index (χ1) is 12.0. The van der Waals surface area contributed by atoms with Crippen molar-refractivity contribution in [1.82, 2.24) is 9.97 Å². The van der Waals surface area contributed by atoms with Crippen molar-refractivity contribution in [3.8, 4) is 5.75 Å². The average Bonchev–Trinajstić information content (AvgIpc) is 3.37. The van der Waals surface area contributed by atoms with Crippen LogP contribution < -0.4 is 15.0 Å². The fraction of sp³-hybridized carbons (Fsp3) is 0.412. The second kappa shape index (κ2) is 6.09. The minimum atomic E-state index is -4.67. The first-order valence-corrected chi connectivity index (χ1v) is 8.18. The van der Waals surface area contributed by atoms with E-state index in [4.69, 9.17) is 0 Å². The number of benzene rings is 1. The first-order valence-electron chi connectivity index (χ1n) is 8.18. The van der Waals surface area contributed by atoms with E-state index in [-0.39, 0.29) is 5.75 Å². The van der Waals surface area contributed by atoms with E-state index in [0.29, 0.717) is 31.5 Å². The summed E-state index contributed by atoms with van der Waals surface area (Å²) in [7, 11) is 0. The largest absolute Gasteiger partial charge is 0.573 e. The maximum absolute atomic E-state index is 12.3. The molecule has 2 heterocycles. The van der Waals surface area contributed by atoms with Gasteiger partial charge in [-0.25, -0.2) is 4.98 Å². The van der Waals surface area contributed by atoms with Crippen LogP contribution >= 0.6 is 0 Å². The van der Waals surface area contributed by atoms with Crippen molar-refractivity contribution in [2.75, 3.05) is 16.8 Å². The Balaban J connectivity index is 1.49. The van der Waals surface area contributed by atoms with E-state index in [1.54, 1.807) is 12.3 Å². The van der Waals surface area contributed by atoms with E-state index >= 15 is 0 Å². The third kappa shape index (κ3) is 3.94. The summed E-state index contributed by atoms with van der Waals surface area (Å²) in [4.78, 5) is 10.9. The number of aromatic nitrogens is 2. The highest BCUT2D eigenvalue weighted by Gasteiger charge is 2.31. The van der Waals surface area contributed by atoms with Crippen molar-refractivity contribution in [2.24, 2.45) is 0 Å². The molecule has 4 rings (SSSR count). The van der Waals surface area contributed by atoms with Gasteiger partial charge < -0.3 is 15.0 Å². The number of anilines is 2. The summed E-state index contributed by atoms with van der Waals surface area (Å²) < 4.78 is 41.0. The number of rotatable bonds is 4. The summed E-state index contributed by atoms with van der Waals surface area (Å²) in [6, 6.07) is 6.84. The van der Waals surface area contributed by atoms with E-state index < -0.39 is 6.36 Å². The summed E-state index contributed by atoms with van der Waals surface area (Å²) in [5, 5.41) is 3.27. The van der Waals surface area contributed by atoms with Gasteiger partial charge >= 0.3 is 6.36 Å². The summed E-state index contributed by atoms with van der Waals surface area (Å²) >= 11 is 0. The molecule has 0 radical (unpaired) electrons. The number of halogens is 3. The molecular formula is C17H17F3N4O. The minimum absolute atomic E-state index is 0.169. The number of fused-ring (bicyclic) bond motifs is 1. The summed E-state index contributed by atoms with van der Waals surface area (Å²) in [6.45, 7) is 1.28. The van der Waals surface area contributed by atoms with Crippen molar-refractivity contribution >= 4 is 11.8 Å². The molecule has 0 bridgehead atoms. The molecule has 8 heteroatoms. The normalized spacial score (nSPS) is 17.2. The Labute approximate surface area is 142 Å². The number of hydrogen-bond acceptors (Lipinski definition) is 5. The molecule has 2 aromatic rings. The molecular weight excluding hydrogens is 333 g/mol. The van der Waals surface area contributed by atoms with Crippen molar-refractivity contribution in [2.45, 2.75) is 38.2 Å². The van der Waals surface area contributed by atoms with Gasteiger partial charge in [0.25, 0.3) is 0 Å². The molecule has 0 spiro atoms. The van der Waals surface area contributed by atoms with Crippen LogP contribution in [0.2, 0.25) is 0 Å². The van der Waals surface area contributed by atoms with Crippen molar-refractivity contribution in [3.63, 3.8) is 0 Å². The Morgan fingerprint density at radius 2 is 2.00 bits per heavy atom. The van der Waals surface area contributed by atoms with Gasteiger partial charge in [-0.05, 0) is 48.6 Å². The van der Waals surface area contributed by atoms with E-state index in [0.717, 1.165) is 29.8 Å². The van der Waals surface area contributed by atoms with Crippen LogP contribution in [-0.2, 0) is 13.0 Å². The van der Waals surface area contributed by atoms with E-state index in [2.05, 4.69) is 24.9 Å². The highest BCUT2D eigenvalue weighted by atomic mass is 19.4. The molecule has 0 amide bonds. The molecule has 5 nitrogen and oxygen atoms in total. The number of nitrogens with one attached hydrogen (secondary N) is 1. The second-order valence-electron chi connectivity index (χ2n) is 6.31. The minimum Gasteiger partial charge on any atom is -0.406 e. The Morgan fingerprint density at radius 3 is 2.76 bits per heavy atom. The van der Waals surface area contributed by atoms with Gasteiger partial charge in [-0.2, -0.15) is 4.98 Å². The third-order valence-corrected chi connectivity index (χ3v) is 4.30. The van der Waals surface area contributed by atoms with Crippen LogP contribution in [0.1, 0.15) is 24.0 Å². The van der Waals surface area contributed by atoms with Gasteiger partial charge in [-0.1, -0.05) is 6.07 Å². The van der Waals surface area contributed by atoms with Crippen LogP contribution in [0.3, 0.4) is 0 Å². The first kappa shape index (κ1) is 16.0. The molecule has 1 aliphatic heterocycles. The smallest absolute Gasteiger partial charge is 0.406 e. The van der Waals surface area contributed by atoms with Crippen LogP contribution in [0.15, 0.2) is 30.5 Å². The summed E-state index contributed by atoms with van der Waals surface area (Å²) in [6.07, 6.45) is -0.0104. The van der Waals surface area contributed by atoms with Gasteiger partial charge in [0, 0.05) is 25.3 Å². The SMILES string of the molecule is FC(F)(F)Oc1ccc2c(c1)CCN(c1ccnc(NC3CC3)n1)C2.